The van der Waals surface area contributed by atoms with Gasteiger partial charge >= 0.3 is 5.97 Å². The number of rotatable bonds is 7. The predicted octanol–water partition coefficient (Wildman–Crippen LogP) is 5.71. The molecule has 0 bridgehead atoms. The van der Waals surface area contributed by atoms with Crippen LogP contribution in [0.1, 0.15) is 15.9 Å². The summed E-state index contributed by atoms with van der Waals surface area (Å²) in [6.07, 6.45) is 1.95. The highest BCUT2D eigenvalue weighted by molar-refractivity contribution is 6.36. The summed E-state index contributed by atoms with van der Waals surface area (Å²) in [5.74, 6) is -0.744. The predicted molar refractivity (Wildman–Crippen MR) is 125 cm³/mol. The summed E-state index contributed by atoms with van der Waals surface area (Å²) in [5, 5.41) is 13.6. The van der Waals surface area contributed by atoms with Gasteiger partial charge in [0.25, 0.3) is 5.91 Å². The number of benzene rings is 3. The van der Waals surface area contributed by atoms with Crippen molar-refractivity contribution in [2.45, 2.75) is 6.54 Å². The highest BCUT2D eigenvalue weighted by atomic mass is 35.5. The first-order valence-corrected chi connectivity index (χ1v) is 10.4. The third-order valence-electron chi connectivity index (χ3n) is 4.87. The lowest BCUT2D eigenvalue weighted by atomic mass is 10.1. The number of aromatic carboxylic acids is 1. The number of ether oxygens (including phenoxy) is 1. The molecule has 4 rings (SSSR count). The summed E-state index contributed by atoms with van der Waals surface area (Å²) in [6.45, 7) is 0.393. The van der Waals surface area contributed by atoms with Gasteiger partial charge in [-0.3, -0.25) is 4.79 Å². The minimum Gasteiger partial charge on any atom is -0.484 e. The quantitative estimate of drug-likeness (QED) is 0.363. The lowest BCUT2D eigenvalue weighted by molar-refractivity contribution is -0.118. The standard InChI is InChI=1S/C24H18Cl2N2O4/c25-18-6-8-21(20(26)11-18)27-23(29)14-32-19-7-5-16-9-10-28(22(16)12-19)13-15-1-3-17(4-2-15)24(30)31/h1-12H,13-14H2,(H,27,29)(H,30,31). The van der Waals surface area contributed by atoms with Crippen LogP contribution in [-0.4, -0.2) is 28.2 Å². The molecule has 0 aliphatic carbocycles. The van der Waals surface area contributed by atoms with E-state index in [1.807, 2.05) is 29.0 Å². The number of hydrogen-bond donors (Lipinski definition) is 2. The molecule has 1 amide bonds. The Bertz CT molecular complexity index is 1300. The van der Waals surface area contributed by atoms with Gasteiger partial charge in [0.05, 0.1) is 21.8 Å². The number of amides is 1. The van der Waals surface area contributed by atoms with Crippen LogP contribution in [0.5, 0.6) is 5.75 Å². The second kappa shape index (κ2) is 9.34. The maximum atomic E-state index is 12.2. The van der Waals surface area contributed by atoms with Gasteiger partial charge in [-0.25, -0.2) is 4.79 Å². The average Bonchev–Trinajstić information content (AvgIpc) is 3.16. The fraction of sp³-hybridized carbons (Fsp3) is 0.0833. The first-order valence-electron chi connectivity index (χ1n) is 9.68. The van der Waals surface area contributed by atoms with Crippen molar-refractivity contribution >= 4 is 51.7 Å². The lowest BCUT2D eigenvalue weighted by Crippen LogP contribution is -2.20. The van der Waals surface area contributed by atoms with Gasteiger partial charge < -0.3 is 19.7 Å². The number of anilines is 1. The Hall–Kier alpha value is -3.48. The molecule has 0 unspecified atom stereocenters. The number of fused-ring (bicyclic) bond motifs is 1. The summed E-state index contributed by atoms with van der Waals surface area (Å²) in [7, 11) is 0. The first-order chi connectivity index (χ1) is 15.4. The van der Waals surface area contributed by atoms with Gasteiger partial charge in [-0.05, 0) is 59.5 Å². The van der Waals surface area contributed by atoms with Crippen LogP contribution >= 0.6 is 23.2 Å². The summed E-state index contributed by atoms with van der Waals surface area (Å²) in [6, 6.07) is 19.2. The molecule has 0 atom stereocenters. The maximum absolute atomic E-state index is 12.2. The van der Waals surface area contributed by atoms with Gasteiger partial charge in [0, 0.05) is 23.8 Å². The van der Waals surface area contributed by atoms with E-state index in [1.54, 1.807) is 48.5 Å². The molecule has 0 spiro atoms. The molecule has 32 heavy (non-hydrogen) atoms. The molecular weight excluding hydrogens is 451 g/mol. The van der Waals surface area contributed by atoms with Gasteiger partial charge in [-0.1, -0.05) is 35.3 Å². The van der Waals surface area contributed by atoms with E-state index in [0.29, 0.717) is 28.0 Å². The SMILES string of the molecule is O=C(COc1ccc2ccn(Cc3ccc(C(=O)O)cc3)c2c1)Nc1ccc(Cl)cc1Cl. The number of aromatic nitrogens is 1. The van der Waals surface area contributed by atoms with E-state index in [0.717, 1.165) is 16.5 Å². The van der Waals surface area contributed by atoms with Gasteiger partial charge in [0.1, 0.15) is 5.75 Å². The van der Waals surface area contributed by atoms with Gasteiger partial charge in [0.2, 0.25) is 0 Å². The Labute approximate surface area is 193 Å². The topological polar surface area (TPSA) is 80.6 Å². The monoisotopic (exact) mass is 468 g/mol. The molecule has 4 aromatic rings. The Kier molecular flexibility index (Phi) is 6.35. The van der Waals surface area contributed by atoms with E-state index in [-0.39, 0.29) is 18.1 Å². The summed E-state index contributed by atoms with van der Waals surface area (Å²) >= 11 is 11.9. The highest BCUT2D eigenvalue weighted by Gasteiger charge is 2.09. The third kappa shape index (κ3) is 5.04. The van der Waals surface area contributed by atoms with Crippen molar-refractivity contribution in [3.8, 4) is 5.75 Å². The van der Waals surface area contributed by atoms with Gasteiger partial charge in [0.15, 0.2) is 6.61 Å². The minimum atomic E-state index is -0.952. The number of nitrogens with one attached hydrogen (secondary N) is 1. The number of nitrogens with zero attached hydrogens (tertiary/aromatic N) is 1. The molecule has 0 aliphatic heterocycles. The Morgan fingerprint density at radius 2 is 1.75 bits per heavy atom. The molecular formula is C24H18Cl2N2O4. The smallest absolute Gasteiger partial charge is 0.335 e. The minimum absolute atomic E-state index is 0.179. The molecule has 6 nitrogen and oxygen atoms in total. The molecule has 0 radical (unpaired) electrons. The van der Waals surface area contributed by atoms with Crippen molar-refractivity contribution in [1.29, 1.82) is 0 Å². The number of carbonyl (C=O) groups excluding carboxylic acids is 1. The molecule has 1 aromatic heterocycles. The van der Waals surface area contributed by atoms with Crippen LogP contribution in [0.2, 0.25) is 10.0 Å². The molecule has 2 N–H and O–H groups in total. The zero-order chi connectivity index (χ0) is 22.7. The Morgan fingerprint density at radius 3 is 2.47 bits per heavy atom. The normalized spacial score (nSPS) is 10.8. The molecule has 0 fully saturated rings. The summed E-state index contributed by atoms with van der Waals surface area (Å²) in [4.78, 5) is 23.3. The fourth-order valence-electron chi connectivity index (χ4n) is 3.27. The van der Waals surface area contributed by atoms with Gasteiger partial charge in [-0.2, -0.15) is 0 Å². The van der Waals surface area contributed by atoms with Crippen molar-refractivity contribution in [2.75, 3.05) is 11.9 Å². The largest absolute Gasteiger partial charge is 0.484 e. The fourth-order valence-corrected chi connectivity index (χ4v) is 3.72. The second-order valence-electron chi connectivity index (χ2n) is 7.13. The van der Waals surface area contributed by atoms with Crippen molar-refractivity contribution in [1.82, 2.24) is 4.57 Å². The molecule has 0 saturated heterocycles. The number of carboxylic acid groups (broad SMARTS) is 1. The zero-order valence-electron chi connectivity index (χ0n) is 16.7. The average molecular weight is 469 g/mol. The first kappa shape index (κ1) is 21.7. The van der Waals surface area contributed by atoms with E-state index in [2.05, 4.69) is 5.32 Å². The zero-order valence-corrected chi connectivity index (χ0v) is 18.2. The van der Waals surface area contributed by atoms with Crippen molar-refractivity contribution in [3.63, 3.8) is 0 Å². The third-order valence-corrected chi connectivity index (χ3v) is 5.42. The van der Waals surface area contributed by atoms with Crippen LogP contribution in [0.25, 0.3) is 10.9 Å². The van der Waals surface area contributed by atoms with Crippen LogP contribution < -0.4 is 10.1 Å². The van der Waals surface area contributed by atoms with E-state index >= 15 is 0 Å². The van der Waals surface area contributed by atoms with Crippen molar-refractivity contribution < 1.29 is 19.4 Å². The lowest BCUT2D eigenvalue weighted by Gasteiger charge is -2.10. The van der Waals surface area contributed by atoms with E-state index in [4.69, 9.17) is 33.0 Å². The van der Waals surface area contributed by atoms with Crippen LogP contribution in [-0.2, 0) is 11.3 Å². The molecule has 0 saturated carbocycles. The number of carboxylic acids is 1. The van der Waals surface area contributed by atoms with Crippen LogP contribution in [0, 0.1) is 0 Å². The molecule has 3 aromatic carbocycles. The van der Waals surface area contributed by atoms with Crippen LogP contribution in [0.4, 0.5) is 5.69 Å². The van der Waals surface area contributed by atoms with Crippen molar-refractivity contribution in [2.24, 2.45) is 0 Å². The van der Waals surface area contributed by atoms with E-state index in [1.165, 1.54) is 0 Å². The molecule has 0 aliphatic rings. The number of hydrogen-bond acceptors (Lipinski definition) is 3. The molecule has 1 heterocycles. The molecule has 8 heteroatoms. The Morgan fingerprint density at radius 1 is 0.969 bits per heavy atom. The molecule has 162 valence electrons. The Balaban J connectivity index is 1.43. The van der Waals surface area contributed by atoms with Crippen LogP contribution in [0.15, 0.2) is 72.9 Å². The number of carbonyl (C=O) groups is 2. The van der Waals surface area contributed by atoms with Gasteiger partial charge in [-0.15, -0.1) is 0 Å². The van der Waals surface area contributed by atoms with Crippen molar-refractivity contribution in [3.05, 3.63) is 94.1 Å². The highest BCUT2D eigenvalue weighted by Crippen LogP contribution is 2.26. The summed E-state index contributed by atoms with van der Waals surface area (Å²) < 4.78 is 7.70. The summed E-state index contributed by atoms with van der Waals surface area (Å²) in [5.41, 5.74) is 2.62. The van der Waals surface area contributed by atoms with E-state index in [9.17, 15) is 9.59 Å². The van der Waals surface area contributed by atoms with E-state index < -0.39 is 5.97 Å². The number of halogens is 2. The second-order valence-corrected chi connectivity index (χ2v) is 7.97. The van der Waals surface area contributed by atoms with Crippen LogP contribution in [0.3, 0.4) is 0 Å². The maximum Gasteiger partial charge on any atom is 0.335 e.